The van der Waals surface area contributed by atoms with Crippen LogP contribution in [0.25, 0.3) is 0 Å². The summed E-state index contributed by atoms with van der Waals surface area (Å²) >= 11 is 0. The van der Waals surface area contributed by atoms with Crippen LogP contribution in [0.5, 0.6) is 0 Å². The summed E-state index contributed by atoms with van der Waals surface area (Å²) in [5.74, 6) is 0. The molecule has 0 unspecified atom stereocenters. The molecule has 0 atom stereocenters. The number of hydrogen-bond donors (Lipinski definition) is 3. The van der Waals surface area contributed by atoms with E-state index < -0.39 is 0 Å². The molecule has 0 radical (unpaired) electrons. The lowest BCUT2D eigenvalue weighted by Crippen LogP contribution is -2.43. The quantitative estimate of drug-likeness (QED) is 0.620. The average Bonchev–Trinajstić information content (AvgIpc) is 2.19. The maximum Gasteiger partial charge on any atom is 0.101 e. The summed E-state index contributed by atoms with van der Waals surface area (Å²) in [6, 6.07) is 0. The Morgan fingerprint density at radius 3 is 2.00 bits per heavy atom. The first kappa shape index (κ1) is 19.1. The molecule has 0 spiro atoms. The van der Waals surface area contributed by atoms with E-state index in [1.54, 1.807) is 0 Å². The zero-order valence-corrected chi connectivity index (χ0v) is 12.2. The van der Waals surface area contributed by atoms with Gasteiger partial charge in [-0.05, 0) is 13.0 Å². The van der Waals surface area contributed by atoms with E-state index in [1.165, 1.54) is 39.1 Å². The van der Waals surface area contributed by atoms with Crippen molar-refractivity contribution < 1.29 is 9.59 Å². The number of likely N-dealkylation sites (N-methyl/N-ethyl adjacent to an activating group) is 1. The van der Waals surface area contributed by atoms with E-state index >= 15 is 0 Å². The van der Waals surface area contributed by atoms with Crippen molar-refractivity contribution in [3.05, 3.63) is 0 Å². The fourth-order valence-corrected chi connectivity index (χ4v) is 1.55. The Kier molecular flexibility index (Phi) is 12.3. The lowest BCUT2D eigenvalue weighted by Gasteiger charge is -2.26. The van der Waals surface area contributed by atoms with Crippen LogP contribution in [0.3, 0.4) is 0 Å². The third-order valence-corrected chi connectivity index (χ3v) is 2.52. The molecule has 0 saturated carbocycles. The first-order valence-electron chi connectivity index (χ1n) is 6.34. The molecule has 1 aliphatic heterocycles. The Morgan fingerprint density at radius 2 is 1.71 bits per heavy atom. The monoisotopic (exact) mass is 249 g/mol. The first-order chi connectivity index (χ1) is 7.49. The second-order valence-corrected chi connectivity index (χ2v) is 5.33. The molecule has 0 amide bonds. The average molecular weight is 249 g/mol. The Bertz CT molecular complexity index is 150. The standard InChI is InChI=1S/C7H16N2.C5H14NO.H3N/c1-2-5-9-6-3-8-4-7-9;1-6(2,3)4-5-7;/h8H,2-7H2,1H3;7H,4-5H2,1-3H3;1H3/q;+1;. The fourth-order valence-electron chi connectivity index (χ4n) is 1.55. The number of rotatable bonds is 4. The Balaban J connectivity index is 0. The van der Waals surface area contributed by atoms with Crippen LogP contribution in [0.15, 0.2) is 0 Å². The largest absolute Gasteiger partial charge is 0.391 e. The minimum atomic E-state index is 0. The van der Waals surface area contributed by atoms with Crippen LogP contribution in [0, 0.1) is 0 Å². The highest BCUT2D eigenvalue weighted by atomic mass is 16.3. The highest BCUT2D eigenvalue weighted by Crippen LogP contribution is 1.92. The van der Waals surface area contributed by atoms with Crippen LogP contribution >= 0.6 is 0 Å². The maximum atomic E-state index is 8.39. The number of piperazine rings is 1. The molecule has 1 saturated heterocycles. The molecular weight excluding hydrogens is 216 g/mol. The molecule has 0 aromatic carbocycles. The summed E-state index contributed by atoms with van der Waals surface area (Å²) in [6.07, 6.45) is 1.29. The maximum absolute atomic E-state index is 8.39. The minimum absolute atomic E-state index is 0. The van der Waals surface area contributed by atoms with Gasteiger partial charge in [0, 0.05) is 26.2 Å². The third-order valence-electron chi connectivity index (χ3n) is 2.52. The summed E-state index contributed by atoms with van der Waals surface area (Å²) in [7, 11) is 6.16. The lowest BCUT2D eigenvalue weighted by atomic mass is 10.3. The van der Waals surface area contributed by atoms with Gasteiger partial charge in [0.25, 0.3) is 0 Å². The molecule has 5 N–H and O–H groups in total. The molecular formula is C12H33N4O+. The van der Waals surface area contributed by atoms with Gasteiger partial charge < -0.3 is 26.0 Å². The Morgan fingerprint density at radius 1 is 1.18 bits per heavy atom. The number of aliphatic hydroxyl groups excluding tert-OH is 1. The zero-order chi connectivity index (χ0) is 12.4. The van der Waals surface area contributed by atoms with E-state index in [1.807, 2.05) is 0 Å². The molecule has 0 aromatic heterocycles. The first-order valence-corrected chi connectivity index (χ1v) is 6.34. The van der Waals surface area contributed by atoms with Crippen molar-refractivity contribution in [3.8, 4) is 0 Å². The molecule has 17 heavy (non-hydrogen) atoms. The molecule has 1 heterocycles. The molecule has 106 valence electrons. The highest BCUT2D eigenvalue weighted by molar-refractivity contribution is 4.65. The van der Waals surface area contributed by atoms with Crippen LogP contribution in [-0.2, 0) is 0 Å². The number of aliphatic hydroxyl groups is 1. The van der Waals surface area contributed by atoms with Gasteiger partial charge in [0.1, 0.15) is 6.54 Å². The molecule has 1 aliphatic rings. The molecule has 0 bridgehead atoms. The van der Waals surface area contributed by atoms with Crippen LogP contribution in [0.2, 0.25) is 0 Å². The van der Waals surface area contributed by atoms with Gasteiger partial charge in [-0.1, -0.05) is 6.92 Å². The van der Waals surface area contributed by atoms with Crippen molar-refractivity contribution in [3.63, 3.8) is 0 Å². The summed E-state index contributed by atoms with van der Waals surface area (Å²) in [5.41, 5.74) is 0. The van der Waals surface area contributed by atoms with Gasteiger partial charge in [0.15, 0.2) is 0 Å². The van der Waals surface area contributed by atoms with Crippen LogP contribution in [-0.4, -0.2) is 81.5 Å². The summed E-state index contributed by atoms with van der Waals surface area (Å²) in [4.78, 5) is 2.51. The summed E-state index contributed by atoms with van der Waals surface area (Å²) in [5, 5.41) is 11.7. The van der Waals surface area contributed by atoms with Crippen molar-refractivity contribution >= 4 is 0 Å². The van der Waals surface area contributed by atoms with Gasteiger partial charge in [0.2, 0.25) is 0 Å². The van der Waals surface area contributed by atoms with Crippen molar-refractivity contribution in [2.75, 3.05) is 67.0 Å². The fraction of sp³-hybridized carbons (Fsp3) is 1.00. The van der Waals surface area contributed by atoms with Gasteiger partial charge in [-0.3, -0.25) is 0 Å². The minimum Gasteiger partial charge on any atom is -0.391 e. The summed E-state index contributed by atoms with van der Waals surface area (Å²) < 4.78 is 0.844. The Labute approximate surface area is 107 Å². The van der Waals surface area contributed by atoms with Crippen molar-refractivity contribution in [2.45, 2.75) is 13.3 Å². The van der Waals surface area contributed by atoms with Gasteiger partial charge in [-0.25, -0.2) is 0 Å². The molecule has 1 rings (SSSR count). The number of quaternary nitrogens is 1. The third kappa shape index (κ3) is 13.7. The Hall–Kier alpha value is -0.200. The van der Waals surface area contributed by atoms with E-state index in [4.69, 9.17) is 5.11 Å². The smallest absolute Gasteiger partial charge is 0.101 e. The van der Waals surface area contributed by atoms with Gasteiger partial charge in [-0.15, -0.1) is 0 Å². The molecule has 0 aromatic rings. The van der Waals surface area contributed by atoms with E-state index in [2.05, 4.69) is 38.3 Å². The highest BCUT2D eigenvalue weighted by Gasteiger charge is 2.06. The van der Waals surface area contributed by atoms with Crippen molar-refractivity contribution in [2.24, 2.45) is 0 Å². The lowest BCUT2D eigenvalue weighted by molar-refractivity contribution is -0.870. The van der Waals surface area contributed by atoms with E-state index in [9.17, 15) is 0 Å². The van der Waals surface area contributed by atoms with Crippen LogP contribution in [0.1, 0.15) is 13.3 Å². The van der Waals surface area contributed by atoms with Crippen LogP contribution < -0.4 is 11.5 Å². The second-order valence-electron chi connectivity index (χ2n) is 5.33. The number of nitrogens with zero attached hydrogens (tertiary/aromatic N) is 2. The predicted octanol–water partition coefficient (Wildman–Crippen LogP) is 0.149. The molecule has 1 fully saturated rings. The summed E-state index contributed by atoms with van der Waals surface area (Å²) in [6.45, 7) is 9.48. The topological polar surface area (TPSA) is 70.5 Å². The number of hydrogen-bond acceptors (Lipinski definition) is 4. The van der Waals surface area contributed by atoms with Gasteiger partial charge in [0.05, 0.1) is 27.7 Å². The van der Waals surface area contributed by atoms with Crippen molar-refractivity contribution in [1.29, 1.82) is 0 Å². The molecule has 0 aliphatic carbocycles. The van der Waals surface area contributed by atoms with E-state index in [0.717, 1.165) is 11.0 Å². The van der Waals surface area contributed by atoms with Gasteiger partial charge >= 0.3 is 0 Å². The second kappa shape index (κ2) is 10.9. The molecule has 5 heteroatoms. The zero-order valence-electron chi connectivity index (χ0n) is 12.2. The predicted molar refractivity (Wildman–Crippen MR) is 74.6 cm³/mol. The SMILES string of the molecule is CCCN1CCNCC1.C[N+](C)(C)CCO.N. The normalized spacial score (nSPS) is 16.8. The van der Waals surface area contributed by atoms with Gasteiger partial charge in [-0.2, -0.15) is 0 Å². The van der Waals surface area contributed by atoms with Crippen molar-refractivity contribution in [1.82, 2.24) is 16.4 Å². The van der Waals surface area contributed by atoms with E-state index in [0.29, 0.717) is 0 Å². The molecule has 5 nitrogen and oxygen atoms in total. The number of nitrogens with one attached hydrogen (secondary N) is 1. The van der Waals surface area contributed by atoms with Crippen LogP contribution in [0.4, 0.5) is 0 Å². The van der Waals surface area contributed by atoms with E-state index in [-0.39, 0.29) is 12.8 Å².